The predicted octanol–water partition coefficient (Wildman–Crippen LogP) is 7.49. The maximum absolute atomic E-state index is 5.03. The Morgan fingerprint density at radius 1 is 1.04 bits per heavy atom. The van der Waals surface area contributed by atoms with Gasteiger partial charge >= 0.3 is 0 Å². The van der Waals surface area contributed by atoms with Crippen LogP contribution in [0.3, 0.4) is 0 Å². The maximum atomic E-state index is 5.03. The van der Waals surface area contributed by atoms with Crippen LogP contribution in [-0.4, -0.2) is 4.98 Å². The highest BCUT2D eigenvalue weighted by Crippen LogP contribution is 2.40. The molecule has 0 radical (unpaired) electrons. The summed E-state index contributed by atoms with van der Waals surface area (Å²) in [4.78, 5) is 5.03. The highest BCUT2D eigenvalue weighted by molar-refractivity contribution is 7.10. The van der Waals surface area contributed by atoms with Crippen LogP contribution in [0.2, 0.25) is 0 Å². The first kappa shape index (κ1) is 17.7. The molecule has 0 amide bonds. The highest BCUT2D eigenvalue weighted by atomic mass is 32.1. The smallest absolute Gasteiger partial charge is 0.0963 e. The predicted molar refractivity (Wildman–Crippen MR) is 106 cm³/mol. The maximum Gasteiger partial charge on any atom is 0.0963 e. The second kappa shape index (κ2) is 7.82. The average molecular weight is 342 g/mol. The Morgan fingerprint density at radius 2 is 1.71 bits per heavy atom. The van der Waals surface area contributed by atoms with Crippen molar-refractivity contribution in [3.05, 3.63) is 39.7 Å². The summed E-state index contributed by atoms with van der Waals surface area (Å²) < 4.78 is 0. The molecule has 1 heterocycles. The Balaban J connectivity index is 1.89. The van der Waals surface area contributed by atoms with E-state index in [1.54, 1.807) is 11.1 Å². The summed E-state index contributed by atoms with van der Waals surface area (Å²) >= 11 is 1.86. The molecular formula is C22H31NS. The normalized spacial score (nSPS) is 20.4. The summed E-state index contributed by atoms with van der Waals surface area (Å²) in [5, 5.41) is 3.61. The van der Waals surface area contributed by atoms with Gasteiger partial charge in [0.1, 0.15) is 0 Å². The minimum atomic E-state index is 0.648. The molecule has 2 aromatic rings. The molecule has 1 aromatic carbocycles. The topological polar surface area (TPSA) is 12.9 Å². The molecule has 0 bridgehead atoms. The number of nitrogens with zero attached hydrogens (tertiary/aromatic N) is 1. The van der Waals surface area contributed by atoms with Crippen molar-refractivity contribution in [2.45, 2.75) is 84.0 Å². The van der Waals surface area contributed by atoms with Crippen molar-refractivity contribution in [2.24, 2.45) is 0 Å². The van der Waals surface area contributed by atoms with Crippen LogP contribution in [0.4, 0.5) is 0 Å². The summed E-state index contributed by atoms with van der Waals surface area (Å²) in [7, 11) is 0. The van der Waals surface area contributed by atoms with Gasteiger partial charge in [0, 0.05) is 16.9 Å². The molecular weight excluding hydrogens is 310 g/mol. The van der Waals surface area contributed by atoms with Crippen molar-refractivity contribution in [3.8, 4) is 11.3 Å². The second-order valence-corrected chi connectivity index (χ2v) is 8.46. The SMILES string of the molecule is CCCC(CCC)c1nc(-c2ccc3c(c2)C(C)CCC3C)cs1. The summed E-state index contributed by atoms with van der Waals surface area (Å²) in [5.41, 5.74) is 5.60. The largest absolute Gasteiger partial charge is 0.241 e. The summed E-state index contributed by atoms with van der Waals surface area (Å²) in [6.45, 7) is 9.30. The molecule has 0 N–H and O–H groups in total. The average Bonchev–Trinajstić information content (AvgIpc) is 3.08. The van der Waals surface area contributed by atoms with E-state index in [1.807, 2.05) is 11.3 Å². The molecule has 2 atom stereocenters. The Kier molecular flexibility index (Phi) is 5.76. The van der Waals surface area contributed by atoms with E-state index < -0.39 is 0 Å². The van der Waals surface area contributed by atoms with Crippen LogP contribution in [-0.2, 0) is 0 Å². The number of hydrogen-bond donors (Lipinski definition) is 0. The van der Waals surface area contributed by atoms with Crippen LogP contribution >= 0.6 is 11.3 Å². The molecule has 1 aromatic heterocycles. The summed E-state index contributed by atoms with van der Waals surface area (Å²) in [5.74, 6) is 2.03. The minimum Gasteiger partial charge on any atom is -0.241 e. The summed E-state index contributed by atoms with van der Waals surface area (Å²) in [6, 6.07) is 7.07. The van der Waals surface area contributed by atoms with Crippen LogP contribution in [0.1, 0.15) is 100 Å². The van der Waals surface area contributed by atoms with Crippen LogP contribution < -0.4 is 0 Å². The first-order chi connectivity index (χ1) is 11.6. The lowest BCUT2D eigenvalue weighted by atomic mass is 9.77. The van der Waals surface area contributed by atoms with E-state index in [0.29, 0.717) is 17.8 Å². The molecule has 2 unspecified atom stereocenters. The van der Waals surface area contributed by atoms with E-state index in [4.69, 9.17) is 4.98 Å². The van der Waals surface area contributed by atoms with Gasteiger partial charge in [0.15, 0.2) is 0 Å². The van der Waals surface area contributed by atoms with Gasteiger partial charge in [0.05, 0.1) is 10.7 Å². The first-order valence-corrected chi connectivity index (χ1v) is 10.6. The molecule has 130 valence electrons. The Labute approximate surface area is 151 Å². The number of benzene rings is 1. The minimum absolute atomic E-state index is 0.648. The zero-order valence-electron chi connectivity index (χ0n) is 15.6. The van der Waals surface area contributed by atoms with Gasteiger partial charge in [-0.1, -0.05) is 52.7 Å². The van der Waals surface area contributed by atoms with Crippen molar-refractivity contribution >= 4 is 11.3 Å². The van der Waals surface area contributed by atoms with E-state index in [9.17, 15) is 0 Å². The third kappa shape index (κ3) is 3.59. The third-order valence-corrected chi connectivity index (χ3v) is 6.63. The number of fused-ring (bicyclic) bond motifs is 1. The van der Waals surface area contributed by atoms with E-state index in [2.05, 4.69) is 51.3 Å². The second-order valence-electron chi connectivity index (χ2n) is 7.57. The molecule has 3 rings (SSSR count). The highest BCUT2D eigenvalue weighted by Gasteiger charge is 2.23. The molecule has 0 spiro atoms. The molecule has 0 saturated heterocycles. The van der Waals surface area contributed by atoms with E-state index in [0.717, 1.165) is 0 Å². The lowest BCUT2D eigenvalue weighted by Crippen LogP contribution is -2.10. The Bertz CT molecular complexity index is 666. The van der Waals surface area contributed by atoms with Crippen LogP contribution in [0, 0.1) is 0 Å². The van der Waals surface area contributed by atoms with Gasteiger partial charge < -0.3 is 0 Å². The lowest BCUT2D eigenvalue weighted by molar-refractivity contribution is 0.527. The van der Waals surface area contributed by atoms with Crippen molar-refractivity contribution in [1.29, 1.82) is 0 Å². The fraction of sp³-hybridized carbons (Fsp3) is 0.591. The van der Waals surface area contributed by atoms with Gasteiger partial charge in [0.2, 0.25) is 0 Å². The van der Waals surface area contributed by atoms with Gasteiger partial charge in [-0.2, -0.15) is 0 Å². The molecule has 2 heteroatoms. The number of aromatic nitrogens is 1. The van der Waals surface area contributed by atoms with Gasteiger partial charge in [-0.15, -0.1) is 11.3 Å². The molecule has 0 saturated carbocycles. The standard InChI is InChI=1S/C22H31NS/c1-5-7-17(8-6-2)22-23-21(14-24-22)18-11-12-19-15(3)9-10-16(4)20(19)13-18/h11-17H,5-10H2,1-4H3. The van der Waals surface area contributed by atoms with Crippen molar-refractivity contribution in [3.63, 3.8) is 0 Å². The van der Waals surface area contributed by atoms with Gasteiger partial charge in [-0.3, -0.25) is 0 Å². The zero-order chi connectivity index (χ0) is 17.1. The molecule has 1 nitrogen and oxygen atoms in total. The monoisotopic (exact) mass is 341 g/mol. The van der Waals surface area contributed by atoms with Gasteiger partial charge in [0.25, 0.3) is 0 Å². The Morgan fingerprint density at radius 3 is 2.38 bits per heavy atom. The number of rotatable bonds is 6. The zero-order valence-corrected chi connectivity index (χ0v) is 16.5. The molecule has 0 aliphatic heterocycles. The lowest BCUT2D eigenvalue weighted by Gasteiger charge is -2.27. The van der Waals surface area contributed by atoms with Crippen molar-refractivity contribution < 1.29 is 0 Å². The van der Waals surface area contributed by atoms with Gasteiger partial charge in [-0.05, 0) is 54.7 Å². The van der Waals surface area contributed by atoms with Crippen LogP contribution in [0.5, 0.6) is 0 Å². The quantitative estimate of drug-likeness (QED) is 0.530. The molecule has 24 heavy (non-hydrogen) atoms. The molecule has 0 fully saturated rings. The summed E-state index contributed by atoms with van der Waals surface area (Å²) in [6.07, 6.45) is 7.65. The molecule has 1 aliphatic rings. The molecule has 1 aliphatic carbocycles. The van der Waals surface area contributed by atoms with Crippen LogP contribution in [0.25, 0.3) is 11.3 Å². The van der Waals surface area contributed by atoms with E-state index in [-0.39, 0.29) is 0 Å². The first-order valence-electron chi connectivity index (χ1n) is 9.73. The van der Waals surface area contributed by atoms with Crippen molar-refractivity contribution in [1.82, 2.24) is 4.98 Å². The number of hydrogen-bond acceptors (Lipinski definition) is 2. The van der Waals surface area contributed by atoms with Gasteiger partial charge in [-0.25, -0.2) is 4.98 Å². The fourth-order valence-electron chi connectivity index (χ4n) is 4.12. The van der Waals surface area contributed by atoms with E-state index in [1.165, 1.54) is 54.8 Å². The van der Waals surface area contributed by atoms with Crippen LogP contribution in [0.15, 0.2) is 23.6 Å². The third-order valence-electron chi connectivity index (χ3n) is 5.62. The fourth-order valence-corrected chi connectivity index (χ4v) is 5.12. The Hall–Kier alpha value is -1.15. The number of thiazole rings is 1. The van der Waals surface area contributed by atoms with Crippen molar-refractivity contribution in [2.75, 3.05) is 0 Å². The van der Waals surface area contributed by atoms with E-state index >= 15 is 0 Å².